The highest BCUT2D eigenvalue weighted by Gasteiger charge is 1.84. The van der Waals surface area contributed by atoms with E-state index in [1.807, 2.05) is 0 Å². The molecule has 0 aliphatic carbocycles. The van der Waals surface area contributed by atoms with E-state index in [-0.39, 0.29) is 6.61 Å². The average Bonchev–Trinajstić information content (AvgIpc) is 1.89. The van der Waals surface area contributed by atoms with Gasteiger partial charge in [-0.3, -0.25) is 0 Å². The Labute approximate surface area is 57.3 Å². The first-order valence-corrected chi connectivity index (χ1v) is 3.70. The van der Waals surface area contributed by atoms with Crippen molar-refractivity contribution < 1.29 is 5.11 Å². The van der Waals surface area contributed by atoms with Gasteiger partial charge in [0.15, 0.2) is 0 Å². The Morgan fingerprint density at radius 2 is 1.89 bits per heavy atom. The highest BCUT2D eigenvalue weighted by molar-refractivity contribution is 4.45. The molecule has 1 N–H and O–H groups in total. The summed E-state index contributed by atoms with van der Waals surface area (Å²) < 4.78 is 0. The van der Waals surface area contributed by atoms with Crippen LogP contribution in [0.15, 0.2) is 0 Å². The van der Waals surface area contributed by atoms with E-state index in [4.69, 9.17) is 0 Å². The molecular weight excluding hydrogens is 114 g/mol. The predicted octanol–water partition coefficient (Wildman–Crippen LogP) is 1.20. The second-order valence-electron chi connectivity index (χ2n) is 2.16. The molecule has 0 aromatic rings. The minimum atomic E-state index is 0.0547. The zero-order valence-electron chi connectivity index (χ0n) is 6.15. The van der Waals surface area contributed by atoms with Crippen molar-refractivity contribution in [3.8, 4) is 0 Å². The zero-order chi connectivity index (χ0) is 6.95. The second-order valence-corrected chi connectivity index (χ2v) is 2.16. The minimum Gasteiger partial charge on any atom is -0.317 e. The molecule has 0 atom stereocenters. The van der Waals surface area contributed by atoms with Gasteiger partial charge in [-0.25, -0.2) is 5.11 Å². The quantitative estimate of drug-likeness (QED) is 0.538. The van der Waals surface area contributed by atoms with Crippen LogP contribution in [-0.4, -0.2) is 19.7 Å². The summed E-state index contributed by atoms with van der Waals surface area (Å²) in [5, 5.41) is 13.1. The van der Waals surface area contributed by atoms with Crippen LogP contribution in [-0.2, 0) is 5.11 Å². The predicted molar refractivity (Wildman–Crippen MR) is 37.9 cm³/mol. The Hall–Kier alpha value is -0.0800. The molecule has 9 heavy (non-hydrogen) atoms. The molecule has 0 saturated carbocycles. The smallest absolute Gasteiger partial charge is 0.0834 e. The SMILES string of the molecule is CCCCNCCC[O]. The summed E-state index contributed by atoms with van der Waals surface area (Å²) in [6, 6.07) is 0. The first kappa shape index (κ1) is 8.92. The average molecular weight is 130 g/mol. The van der Waals surface area contributed by atoms with E-state index >= 15 is 0 Å². The Bertz CT molecular complexity index is 42.2. The van der Waals surface area contributed by atoms with Crippen LogP contribution < -0.4 is 5.32 Å². The van der Waals surface area contributed by atoms with Crippen LogP contribution >= 0.6 is 0 Å². The van der Waals surface area contributed by atoms with Crippen LogP contribution in [0.25, 0.3) is 0 Å². The lowest BCUT2D eigenvalue weighted by molar-refractivity contribution is 0.188. The second kappa shape index (κ2) is 7.92. The molecule has 0 bridgehead atoms. The summed E-state index contributed by atoms with van der Waals surface area (Å²) in [6.45, 7) is 4.18. The van der Waals surface area contributed by atoms with Crippen LogP contribution in [0.5, 0.6) is 0 Å². The number of hydrogen-bond donors (Lipinski definition) is 1. The summed E-state index contributed by atoms with van der Waals surface area (Å²) in [6.07, 6.45) is 3.22. The standard InChI is InChI=1S/C7H16NO/c1-2-3-5-8-6-4-7-9/h8H,2-7H2,1H3. The molecule has 1 radical (unpaired) electrons. The molecule has 0 aromatic heterocycles. The molecule has 0 rings (SSSR count). The highest BCUT2D eigenvalue weighted by Crippen LogP contribution is 1.82. The van der Waals surface area contributed by atoms with Gasteiger partial charge in [-0.1, -0.05) is 13.3 Å². The summed E-state index contributed by atoms with van der Waals surface area (Å²) in [4.78, 5) is 0. The van der Waals surface area contributed by atoms with Crippen molar-refractivity contribution in [3.63, 3.8) is 0 Å². The van der Waals surface area contributed by atoms with Gasteiger partial charge in [0.25, 0.3) is 0 Å². The topological polar surface area (TPSA) is 31.9 Å². The molecule has 0 amide bonds. The van der Waals surface area contributed by atoms with Crippen molar-refractivity contribution in [2.24, 2.45) is 0 Å². The Kier molecular flexibility index (Phi) is 7.85. The largest absolute Gasteiger partial charge is 0.317 e. The first-order valence-electron chi connectivity index (χ1n) is 3.70. The lowest BCUT2D eigenvalue weighted by Crippen LogP contribution is -2.16. The Morgan fingerprint density at radius 1 is 1.22 bits per heavy atom. The molecule has 0 unspecified atom stereocenters. The van der Waals surface area contributed by atoms with Gasteiger partial charge < -0.3 is 5.32 Å². The fraction of sp³-hybridized carbons (Fsp3) is 1.00. The van der Waals surface area contributed by atoms with E-state index in [2.05, 4.69) is 12.2 Å². The molecule has 0 saturated heterocycles. The molecule has 0 aliphatic heterocycles. The van der Waals surface area contributed by atoms with Gasteiger partial charge >= 0.3 is 0 Å². The van der Waals surface area contributed by atoms with Crippen molar-refractivity contribution in [2.75, 3.05) is 19.7 Å². The Balaban J connectivity index is 2.60. The fourth-order valence-electron chi connectivity index (χ4n) is 0.624. The maximum absolute atomic E-state index is 9.92. The van der Waals surface area contributed by atoms with Crippen molar-refractivity contribution in [3.05, 3.63) is 0 Å². The molecule has 0 heterocycles. The van der Waals surface area contributed by atoms with Crippen molar-refractivity contribution in [2.45, 2.75) is 26.2 Å². The van der Waals surface area contributed by atoms with Gasteiger partial charge in [-0.2, -0.15) is 0 Å². The molecule has 55 valence electrons. The third-order valence-electron chi connectivity index (χ3n) is 1.20. The van der Waals surface area contributed by atoms with Crippen molar-refractivity contribution >= 4 is 0 Å². The molecule has 2 heteroatoms. The summed E-state index contributed by atoms with van der Waals surface area (Å²) >= 11 is 0. The number of nitrogens with one attached hydrogen (secondary N) is 1. The third kappa shape index (κ3) is 7.92. The van der Waals surface area contributed by atoms with Gasteiger partial charge in [0.1, 0.15) is 0 Å². The lowest BCUT2D eigenvalue weighted by Gasteiger charge is -1.99. The normalized spacial score (nSPS) is 10.0. The highest BCUT2D eigenvalue weighted by atomic mass is 16.3. The molecular formula is C7H16NO. The van der Waals surface area contributed by atoms with Gasteiger partial charge in [0.05, 0.1) is 6.61 Å². The maximum atomic E-state index is 9.92. The van der Waals surface area contributed by atoms with Gasteiger partial charge in [-0.05, 0) is 25.9 Å². The van der Waals surface area contributed by atoms with Gasteiger partial charge in [-0.15, -0.1) is 0 Å². The fourth-order valence-corrected chi connectivity index (χ4v) is 0.624. The maximum Gasteiger partial charge on any atom is 0.0834 e. The van der Waals surface area contributed by atoms with Crippen LogP contribution in [0.1, 0.15) is 26.2 Å². The third-order valence-corrected chi connectivity index (χ3v) is 1.20. The van der Waals surface area contributed by atoms with Crippen LogP contribution in [0.4, 0.5) is 0 Å². The molecule has 2 nitrogen and oxygen atoms in total. The molecule has 0 aliphatic rings. The Morgan fingerprint density at radius 3 is 2.44 bits per heavy atom. The van der Waals surface area contributed by atoms with Crippen LogP contribution in [0.2, 0.25) is 0 Å². The van der Waals surface area contributed by atoms with Crippen LogP contribution in [0.3, 0.4) is 0 Å². The van der Waals surface area contributed by atoms with Crippen molar-refractivity contribution in [1.82, 2.24) is 5.32 Å². The van der Waals surface area contributed by atoms with Crippen molar-refractivity contribution in [1.29, 1.82) is 0 Å². The minimum absolute atomic E-state index is 0.0547. The van der Waals surface area contributed by atoms with Crippen LogP contribution in [0, 0.1) is 0 Å². The van der Waals surface area contributed by atoms with E-state index in [1.54, 1.807) is 0 Å². The van der Waals surface area contributed by atoms with E-state index in [9.17, 15) is 5.11 Å². The van der Waals surface area contributed by atoms with E-state index in [0.717, 1.165) is 19.5 Å². The van der Waals surface area contributed by atoms with E-state index in [0.29, 0.717) is 0 Å². The number of rotatable bonds is 6. The van der Waals surface area contributed by atoms with E-state index < -0.39 is 0 Å². The first-order chi connectivity index (χ1) is 4.41. The number of hydrogen-bond acceptors (Lipinski definition) is 1. The van der Waals surface area contributed by atoms with Gasteiger partial charge in [0, 0.05) is 0 Å². The summed E-state index contributed by atoms with van der Waals surface area (Å²) in [5.74, 6) is 0. The molecule has 0 fully saturated rings. The lowest BCUT2D eigenvalue weighted by atomic mass is 10.3. The molecule has 0 spiro atoms. The van der Waals surface area contributed by atoms with Gasteiger partial charge in [0.2, 0.25) is 0 Å². The summed E-state index contributed by atoms with van der Waals surface area (Å²) in [7, 11) is 0. The zero-order valence-corrected chi connectivity index (χ0v) is 6.15. The summed E-state index contributed by atoms with van der Waals surface area (Å²) in [5.41, 5.74) is 0. The number of unbranched alkanes of at least 4 members (excludes halogenated alkanes) is 1. The molecule has 0 aromatic carbocycles. The monoisotopic (exact) mass is 130 g/mol. The van der Waals surface area contributed by atoms with E-state index in [1.165, 1.54) is 12.8 Å².